The summed E-state index contributed by atoms with van der Waals surface area (Å²) in [5, 5.41) is 2.84. The summed E-state index contributed by atoms with van der Waals surface area (Å²) in [7, 11) is -3.91. The number of sulfonamides is 1. The van der Waals surface area contributed by atoms with Gasteiger partial charge in [0.1, 0.15) is 0 Å². The first kappa shape index (κ1) is 24.7. The zero-order valence-electron chi connectivity index (χ0n) is 19.9. The Kier molecular flexibility index (Phi) is 7.72. The van der Waals surface area contributed by atoms with E-state index < -0.39 is 10.0 Å². The molecule has 3 rings (SSSR count). The summed E-state index contributed by atoms with van der Waals surface area (Å²) in [5.74, 6) is 0.0106. The van der Waals surface area contributed by atoms with E-state index in [0.29, 0.717) is 22.7 Å². The van der Waals surface area contributed by atoms with Crippen molar-refractivity contribution in [1.82, 2.24) is 4.31 Å². The molecule has 0 fully saturated rings. The second-order valence-corrected chi connectivity index (χ2v) is 10.7. The van der Waals surface area contributed by atoms with Gasteiger partial charge in [-0.15, -0.1) is 0 Å². The van der Waals surface area contributed by atoms with E-state index in [4.69, 9.17) is 0 Å². The number of anilines is 1. The fourth-order valence-electron chi connectivity index (χ4n) is 4.03. The summed E-state index contributed by atoms with van der Waals surface area (Å²) in [5.41, 5.74) is 4.99. The number of rotatable bonds is 8. The Labute approximate surface area is 197 Å². The normalized spacial score (nSPS) is 11.7. The van der Waals surface area contributed by atoms with Crippen LogP contribution in [0.1, 0.15) is 47.6 Å². The number of hydrogen-bond acceptors (Lipinski definition) is 3. The van der Waals surface area contributed by atoms with Gasteiger partial charge in [0.15, 0.2) is 0 Å². The fourth-order valence-corrected chi connectivity index (χ4v) is 5.82. The number of nitrogens with one attached hydrogen (secondary N) is 1. The molecule has 0 unspecified atom stereocenters. The third-order valence-electron chi connectivity index (χ3n) is 5.59. The number of amides is 1. The molecule has 0 saturated carbocycles. The number of aryl methyl sites for hydroxylation is 3. The van der Waals surface area contributed by atoms with Gasteiger partial charge < -0.3 is 5.32 Å². The summed E-state index contributed by atoms with van der Waals surface area (Å²) in [6, 6.07) is 20.7. The van der Waals surface area contributed by atoms with Crippen molar-refractivity contribution < 1.29 is 13.2 Å². The first-order chi connectivity index (χ1) is 15.6. The molecule has 1 amide bonds. The van der Waals surface area contributed by atoms with Crippen molar-refractivity contribution in [2.24, 2.45) is 0 Å². The van der Waals surface area contributed by atoms with E-state index in [1.54, 1.807) is 13.8 Å². The van der Waals surface area contributed by atoms with Crippen molar-refractivity contribution in [3.8, 4) is 0 Å². The quantitative estimate of drug-likeness (QED) is 0.474. The van der Waals surface area contributed by atoms with Crippen LogP contribution in [-0.2, 0) is 21.4 Å². The van der Waals surface area contributed by atoms with E-state index in [1.807, 2.05) is 73.7 Å². The minimum Gasteiger partial charge on any atom is -0.325 e. The van der Waals surface area contributed by atoms with Crippen LogP contribution in [0.4, 0.5) is 5.69 Å². The monoisotopic (exact) mass is 464 g/mol. The van der Waals surface area contributed by atoms with Crippen LogP contribution in [0.5, 0.6) is 0 Å². The van der Waals surface area contributed by atoms with Crippen LogP contribution in [0.15, 0.2) is 71.6 Å². The van der Waals surface area contributed by atoms with Gasteiger partial charge in [-0.3, -0.25) is 4.79 Å². The van der Waals surface area contributed by atoms with Crippen LogP contribution in [-0.4, -0.2) is 25.2 Å². The Bertz CT molecular complexity index is 1190. The molecule has 174 valence electrons. The van der Waals surface area contributed by atoms with Gasteiger partial charge >= 0.3 is 0 Å². The topological polar surface area (TPSA) is 66.5 Å². The molecule has 0 aromatic heterocycles. The highest BCUT2D eigenvalue weighted by molar-refractivity contribution is 7.89. The van der Waals surface area contributed by atoms with Crippen LogP contribution in [0, 0.1) is 20.8 Å². The molecule has 0 heterocycles. The molecular weight excluding hydrogens is 432 g/mol. The molecule has 0 atom stereocenters. The molecule has 3 aromatic rings. The summed E-state index contributed by atoms with van der Waals surface area (Å²) in [4.78, 5) is 13.2. The maximum atomic E-state index is 13.7. The predicted octanol–water partition coefficient (Wildman–Crippen LogP) is 5.56. The second-order valence-electron chi connectivity index (χ2n) is 8.81. The van der Waals surface area contributed by atoms with Gasteiger partial charge in [-0.1, -0.05) is 74.0 Å². The Hall–Kier alpha value is -2.96. The van der Waals surface area contributed by atoms with Crippen molar-refractivity contribution in [2.75, 3.05) is 11.9 Å². The Morgan fingerprint density at radius 3 is 2.03 bits per heavy atom. The summed E-state index contributed by atoms with van der Waals surface area (Å²) in [6.45, 7) is 9.57. The second kappa shape index (κ2) is 10.3. The molecule has 3 aromatic carbocycles. The Morgan fingerprint density at radius 2 is 1.48 bits per heavy atom. The SMILES string of the molecule is Cc1cc(C)c(S(=O)(=O)N(CC(=O)Nc2ccc(C(C)C)cc2)Cc2ccccc2)c(C)c1. The number of nitrogens with zero attached hydrogens (tertiary/aromatic N) is 1. The maximum Gasteiger partial charge on any atom is 0.244 e. The average molecular weight is 465 g/mol. The van der Waals surface area contributed by atoms with Crippen LogP contribution in [0.2, 0.25) is 0 Å². The smallest absolute Gasteiger partial charge is 0.244 e. The van der Waals surface area contributed by atoms with Crippen LogP contribution in [0.3, 0.4) is 0 Å². The summed E-state index contributed by atoms with van der Waals surface area (Å²) in [6.07, 6.45) is 0. The summed E-state index contributed by atoms with van der Waals surface area (Å²) >= 11 is 0. The number of benzene rings is 3. The van der Waals surface area contributed by atoms with E-state index >= 15 is 0 Å². The zero-order chi connectivity index (χ0) is 24.2. The van der Waals surface area contributed by atoms with Crippen LogP contribution >= 0.6 is 0 Å². The van der Waals surface area contributed by atoms with Crippen molar-refractivity contribution in [3.05, 3.63) is 94.5 Å². The van der Waals surface area contributed by atoms with E-state index in [0.717, 1.165) is 11.1 Å². The molecule has 0 aliphatic heterocycles. The highest BCUT2D eigenvalue weighted by atomic mass is 32.2. The first-order valence-electron chi connectivity index (χ1n) is 11.1. The predicted molar refractivity (Wildman–Crippen MR) is 134 cm³/mol. The van der Waals surface area contributed by atoms with Gasteiger partial charge in [-0.2, -0.15) is 4.31 Å². The molecule has 5 nitrogen and oxygen atoms in total. The van der Waals surface area contributed by atoms with Gasteiger partial charge in [-0.25, -0.2) is 8.42 Å². The lowest BCUT2D eigenvalue weighted by molar-refractivity contribution is -0.116. The lowest BCUT2D eigenvalue weighted by Crippen LogP contribution is -2.38. The van der Waals surface area contributed by atoms with Gasteiger partial charge in [0.2, 0.25) is 15.9 Å². The van der Waals surface area contributed by atoms with Gasteiger partial charge in [0, 0.05) is 12.2 Å². The molecule has 0 aliphatic rings. The van der Waals surface area contributed by atoms with Crippen molar-refractivity contribution in [3.63, 3.8) is 0 Å². The van der Waals surface area contributed by atoms with E-state index in [2.05, 4.69) is 19.2 Å². The number of carbonyl (C=O) groups excluding carboxylic acids is 1. The average Bonchev–Trinajstić information content (AvgIpc) is 2.73. The minimum absolute atomic E-state index is 0.107. The standard InChI is InChI=1S/C27H32N2O3S/c1-19(2)24-11-13-25(14-12-24)28-26(30)18-29(17-23-9-7-6-8-10-23)33(31,32)27-21(4)15-20(3)16-22(27)5/h6-16,19H,17-18H2,1-5H3,(H,28,30). The van der Waals surface area contributed by atoms with Gasteiger partial charge in [0.05, 0.1) is 11.4 Å². The van der Waals surface area contributed by atoms with Crippen molar-refractivity contribution >= 4 is 21.6 Å². The number of carbonyl (C=O) groups is 1. The van der Waals surface area contributed by atoms with Crippen LogP contribution < -0.4 is 5.32 Å². The van der Waals surface area contributed by atoms with E-state index in [1.165, 1.54) is 9.87 Å². The molecule has 33 heavy (non-hydrogen) atoms. The Balaban J connectivity index is 1.90. The first-order valence-corrected chi connectivity index (χ1v) is 12.5. The maximum absolute atomic E-state index is 13.7. The largest absolute Gasteiger partial charge is 0.325 e. The van der Waals surface area contributed by atoms with Crippen LogP contribution in [0.25, 0.3) is 0 Å². The molecular formula is C27H32N2O3S. The molecule has 6 heteroatoms. The highest BCUT2D eigenvalue weighted by Crippen LogP contribution is 2.26. The summed E-state index contributed by atoms with van der Waals surface area (Å²) < 4.78 is 28.7. The molecule has 0 aliphatic carbocycles. The lowest BCUT2D eigenvalue weighted by Gasteiger charge is -2.24. The van der Waals surface area contributed by atoms with Crippen molar-refractivity contribution in [2.45, 2.75) is 52.0 Å². The third-order valence-corrected chi connectivity index (χ3v) is 7.68. The highest BCUT2D eigenvalue weighted by Gasteiger charge is 2.30. The number of hydrogen-bond donors (Lipinski definition) is 1. The van der Waals surface area contributed by atoms with Crippen molar-refractivity contribution in [1.29, 1.82) is 0 Å². The molecule has 0 saturated heterocycles. The lowest BCUT2D eigenvalue weighted by atomic mass is 10.0. The zero-order valence-corrected chi connectivity index (χ0v) is 20.7. The van der Waals surface area contributed by atoms with E-state index in [-0.39, 0.29) is 23.9 Å². The van der Waals surface area contributed by atoms with Gasteiger partial charge in [-0.05, 0) is 61.1 Å². The van der Waals surface area contributed by atoms with Gasteiger partial charge in [0.25, 0.3) is 0 Å². The van der Waals surface area contributed by atoms with E-state index in [9.17, 15) is 13.2 Å². The molecule has 0 spiro atoms. The minimum atomic E-state index is -3.91. The Morgan fingerprint density at radius 1 is 0.909 bits per heavy atom. The molecule has 1 N–H and O–H groups in total. The molecule has 0 bridgehead atoms. The fraction of sp³-hybridized carbons (Fsp3) is 0.296. The molecule has 0 radical (unpaired) electrons. The third kappa shape index (κ3) is 6.09.